The van der Waals surface area contributed by atoms with Crippen molar-refractivity contribution in [1.82, 2.24) is 10.2 Å². The zero-order valence-corrected chi connectivity index (χ0v) is 27.6. The Morgan fingerprint density at radius 2 is 1.53 bits per heavy atom. The summed E-state index contributed by atoms with van der Waals surface area (Å²) in [6.07, 6.45) is 0.996. The van der Waals surface area contributed by atoms with E-state index in [0.717, 1.165) is 4.31 Å². The van der Waals surface area contributed by atoms with E-state index in [1.807, 2.05) is 20.8 Å². The summed E-state index contributed by atoms with van der Waals surface area (Å²) < 4.78 is 34.5. The first-order chi connectivity index (χ1) is 20.4. The number of anilines is 1. The number of hydrogen-bond acceptors (Lipinski definition) is 5. The first kappa shape index (κ1) is 34.5. The van der Waals surface area contributed by atoms with E-state index in [1.165, 1.54) is 29.2 Å². The lowest BCUT2D eigenvalue weighted by Gasteiger charge is -2.33. The average Bonchev–Trinajstić information content (AvgIpc) is 2.98. The van der Waals surface area contributed by atoms with Crippen LogP contribution in [-0.2, 0) is 26.2 Å². The molecule has 3 aromatic carbocycles. The molecule has 0 aromatic heterocycles. The topological polar surface area (TPSA) is 96.0 Å². The van der Waals surface area contributed by atoms with Gasteiger partial charge in [-0.25, -0.2) is 8.42 Å². The largest absolute Gasteiger partial charge is 0.494 e. The molecule has 0 fully saturated rings. The molecule has 3 rings (SSSR count). The predicted molar refractivity (Wildman–Crippen MR) is 173 cm³/mol. The van der Waals surface area contributed by atoms with Gasteiger partial charge >= 0.3 is 0 Å². The number of carbonyl (C=O) groups excluding carboxylic acids is 2. The lowest BCUT2D eigenvalue weighted by Crippen LogP contribution is -2.53. The van der Waals surface area contributed by atoms with Crippen molar-refractivity contribution in [2.45, 2.75) is 64.1 Å². The molecule has 0 heterocycles. The van der Waals surface area contributed by atoms with Crippen molar-refractivity contribution in [2.75, 3.05) is 17.5 Å². The lowest BCUT2D eigenvalue weighted by atomic mass is 10.1. The van der Waals surface area contributed by atoms with E-state index in [1.54, 1.807) is 49.4 Å². The van der Waals surface area contributed by atoms with Gasteiger partial charge in [0.2, 0.25) is 11.8 Å². The van der Waals surface area contributed by atoms with Crippen LogP contribution in [0.4, 0.5) is 5.69 Å². The minimum absolute atomic E-state index is 0.000263. The molecule has 232 valence electrons. The van der Waals surface area contributed by atoms with Crippen LogP contribution in [-0.4, -0.2) is 50.4 Å². The van der Waals surface area contributed by atoms with Gasteiger partial charge in [-0.3, -0.25) is 13.9 Å². The fraction of sp³-hybridized carbons (Fsp3) is 0.355. The van der Waals surface area contributed by atoms with Crippen LogP contribution in [0.15, 0.2) is 71.6 Å². The second-order valence-electron chi connectivity index (χ2n) is 9.90. The molecular formula is C31H36Cl3N3O5S. The van der Waals surface area contributed by atoms with E-state index in [-0.39, 0.29) is 29.1 Å². The molecule has 0 bridgehead atoms. The summed E-state index contributed by atoms with van der Waals surface area (Å²) in [5.41, 5.74) is 0.879. The fourth-order valence-corrected chi connectivity index (χ4v) is 6.19. The van der Waals surface area contributed by atoms with E-state index < -0.39 is 28.5 Å². The first-order valence-electron chi connectivity index (χ1n) is 14.0. The zero-order chi connectivity index (χ0) is 31.7. The van der Waals surface area contributed by atoms with Crippen molar-refractivity contribution in [1.29, 1.82) is 0 Å². The normalized spacial score (nSPS) is 12.7. The van der Waals surface area contributed by atoms with E-state index in [0.29, 0.717) is 45.8 Å². The van der Waals surface area contributed by atoms with E-state index in [2.05, 4.69) is 5.32 Å². The van der Waals surface area contributed by atoms with Gasteiger partial charge in [0, 0.05) is 17.6 Å². The molecule has 2 atom stereocenters. The Balaban J connectivity index is 2.08. The number of rotatable bonds is 14. The third-order valence-electron chi connectivity index (χ3n) is 6.84. The van der Waals surface area contributed by atoms with Crippen LogP contribution in [0.25, 0.3) is 0 Å². The molecule has 8 nitrogen and oxygen atoms in total. The van der Waals surface area contributed by atoms with Crippen molar-refractivity contribution >= 4 is 62.3 Å². The molecule has 12 heteroatoms. The average molecular weight is 669 g/mol. The Labute approximate surface area is 268 Å². The van der Waals surface area contributed by atoms with Crippen molar-refractivity contribution in [3.05, 3.63) is 87.4 Å². The summed E-state index contributed by atoms with van der Waals surface area (Å²) >= 11 is 18.4. The molecule has 43 heavy (non-hydrogen) atoms. The van der Waals surface area contributed by atoms with Gasteiger partial charge in [0.15, 0.2) is 0 Å². The number of benzene rings is 3. The van der Waals surface area contributed by atoms with Gasteiger partial charge in [0.05, 0.1) is 27.2 Å². The highest BCUT2D eigenvalue weighted by Gasteiger charge is 2.34. The molecular weight excluding hydrogens is 633 g/mol. The maximum atomic E-state index is 14.2. The quantitative estimate of drug-likeness (QED) is 0.200. The van der Waals surface area contributed by atoms with Crippen LogP contribution < -0.4 is 14.4 Å². The zero-order valence-electron chi connectivity index (χ0n) is 24.5. The standard InChI is InChI=1S/C31H36Cl3N3O5S/c1-5-21(4)35-31(39)29(6-2)36(19-22-8-17-27(33)28(34)18-22)30(38)20-37(24-11-13-25(14-12-24)42-7-3)43(40,41)26-15-9-23(32)10-16-26/h8-18,21,29H,5-7,19-20H2,1-4H3,(H,35,39)/t21-,29+/m0/s1. The smallest absolute Gasteiger partial charge is 0.264 e. The predicted octanol–water partition coefficient (Wildman–Crippen LogP) is 6.96. The highest BCUT2D eigenvalue weighted by Crippen LogP contribution is 2.28. The second-order valence-corrected chi connectivity index (χ2v) is 13.0. The number of nitrogens with one attached hydrogen (secondary N) is 1. The molecule has 3 aromatic rings. The van der Waals surface area contributed by atoms with E-state index in [9.17, 15) is 18.0 Å². The summed E-state index contributed by atoms with van der Waals surface area (Å²) in [6.45, 7) is 7.32. The first-order valence-corrected chi connectivity index (χ1v) is 16.5. The molecule has 1 N–H and O–H groups in total. The van der Waals surface area contributed by atoms with Gasteiger partial charge < -0.3 is 15.0 Å². The van der Waals surface area contributed by atoms with E-state index >= 15 is 0 Å². The summed E-state index contributed by atoms with van der Waals surface area (Å²) in [5, 5.41) is 3.96. The van der Waals surface area contributed by atoms with Gasteiger partial charge in [-0.2, -0.15) is 0 Å². The Morgan fingerprint density at radius 3 is 2.09 bits per heavy atom. The molecule has 2 amide bonds. The van der Waals surface area contributed by atoms with Crippen LogP contribution in [0.3, 0.4) is 0 Å². The van der Waals surface area contributed by atoms with Gasteiger partial charge in [-0.15, -0.1) is 0 Å². The maximum absolute atomic E-state index is 14.2. The molecule has 0 unspecified atom stereocenters. The van der Waals surface area contributed by atoms with Crippen LogP contribution in [0, 0.1) is 0 Å². The van der Waals surface area contributed by atoms with Crippen LogP contribution in [0.5, 0.6) is 5.75 Å². The monoisotopic (exact) mass is 667 g/mol. The number of halogens is 3. The lowest BCUT2D eigenvalue weighted by molar-refractivity contribution is -0.140. The number of nitrogens with zero attached hydrogens (tertiary/aromatic N) is 2. The van der Waals surface area contributed by atoms with Gasteiger partial charge in [-0.05, 0) is 92.9 Å². The molecule has 0 aliphatic carbocycles. The Hall–Kier alpha value is -2.98. The highest BCUT2D eigenvalue weighted by molar-refractivity contribution is 7.92. The molecule has 0 saturated carbocycles. The van der Waals surface area contributed by atoms with Crippen LogP contribution in [0.1, 0.15) is 46.1 Å². The molecule has 0 spiro atoms. The third kappa shape index (κ3) is 9.01. The van der Waals surface area contributed by atoms with Gasteiger partial charge in [0.1, 0.15) is 18.3 Å². The van der Waals surface area contributed by atoms with Crippen LogP contribution >= 0.6 is 34.8 Å². The molecule has 0 saturated heterocycles. The van der Waals surface area contributed by atoms with E-state index in [4.69, 9.17) is 39.5 Å². The Bertz CT molecular complexity index is 1500. The number of ether oxygens (including phenoxy) is 1. The Morgan fingerprint density at radius 1 is 0.884 bits per heavy atom. The van der Waals surface area contributed by atoms with Crippen molar-refractivity contribution < 1.29 is 22.7 Å². The summed E-state index contributed by atoms with van der Waals surface area (Å²) in [6, 6.07) is 16.1. The van der Waals surface area contributed by atoms with Crippen molar-refractivity contribution in [3.8, 4) is 5.75 Å². The maximum Gasteiger partial charge on any atom is 0.264 e. The van der Waals surface area contributed by atoms with Crippen molar-refractivity contribution in [2.24, 2.45) is 0 Å². The number of sulfonamides is 1. The second kappa shape index (κ2) is 15.7. The SMILES string of the molecule is CCOc1ccc(N(CC(=O)N(Cc2ccc(Cl)c(Cl)c2)[C@H](CC)C(=O)N[C@@H](C)CC)S(=O)(=O)c2ccc(Cl)cc2)cc1. The van der Waals surface area contributed by atoms with Crippen molar-refractivity contribution in [3.63, 3.8) is 0 Å². The molecule has 0 aliphatic heterocycles. The van der Waals surface area contributed by atoms with Gasteiger partial charge in [0.25, 0.3) is 10.0 Å². The summed E-state index contributed by atoms with van der Waals surface area (Å²) in [5.74, 6) is -0.363. The third-order valence-corrected chi connectivity index (χ3v) is 9.62. The summed E-state index contributed by atoms with van der Waals surface area (Å²) in [4.78, 5) is 28.9. The summed E-state index contributed by atoms with van der Waals surface area (Å²) in [7, 11) is -4.24. The molecule has 0 aliphatic rings. The number of hydrogen-bond donors (Lipinski definition) is 1. The molecule has 0 radical (unpaired) electrons. The minimum atomic E-state index is -4.24. The van der Waals surface area contributed by atoms with Crippen LogP contribution in [0.2, 0.25) is 15.1 Å². The minimum Gasteiger partial charge on any atom is -0.494 e. The number of amides is 2. The fourth-order valence-electron chi connectivity index (χ4n) is 4.33. The number of carbonyl (C=O) groups is 2. The van der Waals surface area contributed by atoms with Gasteiger partial charge in [-0.1, -0.05) is 54.7 Å². The highest BCUT2D eigenvalue weighted by atomic mass is 35.5. The Kier molecular flexibility index (Phi) is 12.6.